The molecular formula is C18H18FNO3Se. The van der Waals surface area contributed by atoms with Crippen molar-refractivity contribution in [3.63, 3.8) is 0 Å². The topological polar surface area (TPSA) is 52.4 Å². The van der Waals surface area contributed by atoms with Gasteiger partial charge in [-0.05, 0) is 0 Å². The first-order valence-electron chi connectivity index (χ1n) is 7.79. The van der Waals surface area contributed by atoms with Crippen molar-refractivity contribution in [2.45, 2.75) is 18.1 Å². The Morgan fingerprint density at radius 2 is 1.79 bits per heavy atom. The molecule has 0 heterocycles. The second kappa shape index (κ2) is 7.88. The summed E-state index contributed by atoms with van der Waals surface area (Å²) in [6.07, 6.45) is -0.842. The zero-order valence-corrected chi connectivity index (χ0v) is 14.7. The van der Waals surface area contributed by atoms with Gasteiger partial charge in [-0.1, -0.05) is 0 Å². The van der Waals surface area contributed by atoms with Crippen LogP contribution in [0.15, 0.2) is 54.6 Å². The van der Waals surface area contributed by atoms with E-state index in [1.165, 1.54) is 6.07 Å². The van der Waals surface area contributed by atoms with E-state index in [4.69, 9.17) is 4.74 Å². The summed E-state index contributed by atoms with van der Waals surface area (Å²) in [6, 6.07) is 16.5. The molecule has 0 saturated heterocycles. The van der Waals surface area contributed by atoms with Gasteiger partial charge in [0.05, 0.1) is 0 Å². The molecule has 0 aromatic heterocycles. The van der Waals surface area contributed by atoms with E-state index in [-0.39, 0.29) is 37.4 Å². The first-order valence-corrected chi connectivity index (χ1v) is 9.85. The maximum atomic E-state index is 13.9. The van der Waals surface area contributed by atoms with Crippen LogP contribution in [0, 0.1) is 22.0 Å². The van der Waals surface area contributed by atoms with Crippen molar-refractivity contribution in [2.75, 3.05) is 6.61 Å². The average molecular weight is 394 g/mol. The summed E-state index contributed by atoms with van der Waals surface area (Å²) in [5.41, 5.74) is 1.22. The van der Waals surface area contributed by atoms with Crippen LogP contribution in [0.25, 0.3) is 0 Å². The van der Waals surface area contributed by atoms with Crippen molar-refractivity contribution in [3.05, 3.63) is 70.3 Å². The van der Waals surface area contributed by atoms with Crippen molar-refractivity contribution in [1.82, 2.24) is 0 Å². The van der Waals surface area contributed by atoms with Crippen LogP contribution in [0.1, 0.15) is 5.56 Å². The molecule has 0 radical (unpaired) electrons. The Morgan fingerprint density at radius 1 is 1.08 bits per heavy atom. The molecule has 6 heteroatoms. The molecule has 0 amide bonds. The summed E-state index contributed by atoms with van der Waals surface area (Å²) in [5, 5.41) is 11.7. The average Bonchev–Trinajstić information content (AvgIpc) is 3.22. The van der Waals surface area contributed by atoms with Gasteiger partial charge in [-0.2, -0.15) is 0 Å². The zero-order valence-electron chi connectivity index (χ0n) is 13.0. The Balaban J connectivity index is 1.45. The SMILES string of the molecule is O=[N+]([O-])c1ccccc1[Se]C[C@H]1[C@@H](F)[C@@H]1COCc1ccccc1. The van der Waals surface area contributed by atoms with E-state index in [9.17, 15) is 14.5 Å². The van der Waals surface area contributed by atoms with Crippen LogP contribution in [0.5, 0.6) is 0 Å². The number of hydrogen-bond acceptors (Lipinski definition) is 3. The first kappa shape index (κ1) is 17.1. The molecule has 24 heavy (non-hydrogen) atoms. The van der Waals surface area contributed by atoms with Crippen LogP contribution in [-0.4, -0.2) is 32.7 Å². The van der Waals surface area contributed by atoms with E-state index < -0.39 is 6.17 Å². The number of para-hydroxylation sites is 1. The third-order valence-corrected chi connectivity index (χ3v) is 6.68. The van der Waals surface area contributed by atoms with Crippen molar-refractivity contribution in [1.29, 1.82) is 0 Å². The summed E-state index contributed by atoms with van der Waals surface area (Å²) < 4.78 is 20.3. The van der Waals surface area contributed by atoms with Gasteiger partial charge >= 0.3 is 146 Å². The number of hydrogen-bond donors (Lipinski definition) is 0. The number of nitrogens with zero attached hydrogens (tertiary/aromatic N) is 1. The van der Waals surface area contributed by atoms with Gasteiger partial charge in [-0.25, -0.2) is 0 Å². The number of nitro groups is 1. The Labute approximate surface area is 146 Å². The molecule has 1 fully saturated rings. The van der Waals surface area contributed by atoms with Gasteiger partial charge in [-0.3, -0.25) is 0 Å². The second-order valence-corrected chi connectivity index (χ2v) is 8.04. The third-order valence-electron chi connectivity index (χ3n) is 4.14. The van der Waals surface area contributed by atoms with Crippen molar-refractivity contribution in [2.24, 2.45) is 11.8 Å². The molecule has 1 saturated carbocycles. The number of alkyl halides is 1. The predicted octanol–water partition coefficient (Wildman–Crippen LogP) is 3.14. The summed E-state index contributed by atoms with van der Waals surface area (Å²) in [6.45, 7) is 0.903. The van der Waals surface area contributed by atoms with E-state index in [0.717, 1.165) is 10.0 Å². The molecule has 126 valence electrons. The molecule has 4 nitrogen and oxygen atoms in total. The van der Waals surface area contributed by atoms with Crippen LogP contribution >= 0.6 is 0 Å². The first-order chi connectivity index (χ1) is 11.7. The van der Waals surface area contributed by atoms with Gasteiger partial charge in [0.2, 0.25) is 0 Å². The van der Waals surface area contributed by atoms with Crippen molar-refractivity contribution in [3.8, 4) is 0 Å². The molecule has 0 bridgehead atoms. The normalized spacial score (nSPS) is 22.3. The molecular weight excluding hydrogens is 376 g/mol. The van der Waals surface area contributed by atoms with Crippen LogP contribution in [-0.2, 0) is 11.3 Å². The van der Waals surface area contributed by atoms with E-state index in [1.807, 2.05) is 30.3 Å². The Kier molecular flexibility index (Phi) is 5.61. The van der Waals surface area contributed by atoms with Gasteiger partial charge in [0, 0.05) is 0 Å². The predicted molar refractivity (Wildman–Crippen MR) is 91.3 cm³/mol. The van der Waals surface area contributed by atoms with Gasteiger partial charge < -0.3 is 0 Å². The van der Waals surface area contributed by atoms with Gasteiger partial charge in [0.1, 0.15) is 0 Å². The summed E-state index contributed by atoms with van der Waals surface area (Å²) in [5.74, 6) is -0.0982. The number of nitro benzene ring substituents is 1. The summed E-state index contributed by atoms with van der Waals surface area (Å²) in [4.78, 5) is 10.6. The summed E-state index contributed by atoms with van der Waals surface area (Å²) >= 11 is -0.0904. The molecule has 1 aliphatic rings. The minimum absolute atomic E-state index is 0.0272. The monoisotopic (exact) mass is 395 g/mol. The number of ether oxygens (including phenoxy) is 1. The van der Waals surface area contributed by atoms with Gasteiger partial charge in [0.25, 0.3) is 0 Å². The fraction of sp³-hybridized carbons (Fsp3) is 0.333. The molecule has 3 rings (SSSR count). The van der Waals surface area contributed by atoms with Gasteiger partial charge in [-0.15, -0.1) is 0 Å². The van der Waals surface area contributed by atoms with E-state index in [1.54, 1.807) is 18.2 Å². The minimum atomic E-state index is -0.842. The Hall–Kier alpha value is -1.75. The standard InChI is InChI=1S/C18H18FNO3Se/c19-18-14(11-23-10-13-6-2-1-3-7-13)15(18)12-24-17-9-5-4-8-16(17)20(21)22/h1-9,14-15,18H,10-12H2/t14-,15-,18+/m1/s1. The van der Waals surface area contributed by atoms with Crippen molar-refractivity contribution >= 4 is 25.1 Å². The number of benzene rings is 2. The second-order valence-electron chi connectivity index (χ2n) is 5.81. The van der Waals surface area contributed by atoms with Crippen LogP contribution < -0.4 is 4.46 Å². The van der Waals surface area contributed by atoms with E-state index >= 15 is 0 Å². The molecule has 2 aromatic carbocycles. The number of halogens is 1. The maximum absolute atomic E-state index is 13.9. The van der Waals surface area contributed by atoms with Crippen LogP contribution in [0.4, 0.5) is 10.1 Å². The van der Waals surface area contributed by atoms with Gasteiger partial charge in [0.15, 0.2) is 0 Å². The molecule has 0 spiro atoms. The van der Waals surface area contributed by atoms with Crippen LogP contribution in [0.2, 0.25) is 5.32 Å². The molecule has 2 aromatic rings. The fourth-order valence-electron chi connectivity index (χ4n) is 2.63. The Bertz CT molecular complexity index is 698. The van der Waals surface area contributed by atoms with Crippen molar-refractivity contribution < 1.29 is 14.1 Å². The zero-order chi connectivity index (χ0) is 16.9. The Morgan fingerprint density at radius 3 is 2.54 bits per heavy atom. The van der Waals surface area contributed by atoms with Crippen LogP contribution in [0.3, 0.4) is 0 Å². The molecule has 1 aliphatic carbocycles. The molecule has 0 unspecified atom stereocenters. The fourth-order valence-corrected chi connectivity index (χ4v) is 5.29. The number of rotatable bonds is 8. The molecule has 0 N–H and O–H groups in total. The quantitative estimate of drug-likeness (QED) is 0.393. The van der Waals surface area contributed by atoms with E-state index in [2.05, 4.69) is 0 Å². The van der Waals surface area contributed by atoms with E-state index in [0.29, 0.717) is 18.5 Å². The molecule has 3 atom stereocenters. The summed E-state index contributed by atoms with van der Waals surface area (Å²) in [7, 11) is 0. The third kappa shape index (κ3) is 4.20. The molecule has 0 aliphatic heterocycles.